The summed E-state index contributed by atoms with van der Waals surface area (Å²) in [5.74, 6) is 0. The van der Waals surface area contributed by atoms with E-state index in [0.29, 0.717) is 10.7 Å². The first-order valence-electron chi connectivity index (χ1n) is 6.43. The summed E-state index contributed by atoms with van der Waals surface area (Å²) in [6, 6.07) is 5.83. The average Bonchev–Trinajstić information content (AvgIpc) is 3.01. The van der Waals surface area contributed by atoms with Gasteiger partial charge in [-0.1, -0.05) is 17.7 Å². The van der Waals surface area contributed by atoms with Crippen LogP contribution in [0.3, 0.4) is 0 Å². The van der Waals surface area contributed by atoms with Crippen molar-refractivity contribution in [2.24, 2.45) is 0 Å². The molecule has 0 fully saturated rings. The van der Waals surface area contributed by atoms with Crippen LogP contribution < -0.4 is 0 Å². The Kier molecular flexibility index (Phi) is 3.23. The molecule has 0 radical (unpaired) electrons. The molecule has 20 heavy (non-hydrogen) atoms. The molecule has 0 aromatic carbocycles. The van der Waals surface area contributed by atoms with E-state index in [0.717, 1.165) is 11.1 Å². The van der Waals surface area contributed by atoms with E-state index in [1.54, 1.807) is 21.6 Å². The summed E-state index contributed by atoms with van der Waals surface area (Å²) in [5, 5.41) is 19.6. The van der Waals surface area contributed by atoms with E-state index in [1.165, 1.54) is 0 Å². The van der Waals surface area contributed by atoms with E-state index < -0.39 is 6.10 Å². The van der Waals surface area contributed by atoms with Gasteiger partial charge in [-0.25, -0.2) is 4.52 Å². The van der Waals surface area contributed by atoms with Crippen LogP contribution >= 0.6 is 11.6 Å². The fourth-order valence-electron chi connectivity index (χ4n) is 2.33. The van der Waals surface area contributed by atoms with E-state index in [-0.39, 0.29) is 6.04 Å². The number of nitrogens with zero attached hydrogens (tertiary/aromatic N) is 4. The van der Waals surface area contributed by atoms with Gasteiger partial charge in [-0.05, 0) is 26.0 Å². The zero-order valence-corrected chi connectivity index (χ0v) is 12.0. The van der Waals surface area contributed by atoms with Gasteiger partial charge in [-0.3, -0.25) is 4.68 Å². The highest BCUT2D eigenvalue weighted by molar-refractivity contribution is 6.31. The monoisotopic (exact) mass is 290 g/mol. The van der Waals surface area contributed by atoms with Gasteiger partial charge in [0.1, 0.15) is 6.10 Å². The molecule has 3 aromatic rings. The van der Waals surface area contributed by atoms with Gasteiger partial charge in [0.2, 0.25) is 0 Å². The predicted molar refractivity (Wildman–Crippen MR) is 76.9 cm³/mol. The van der Waals surface area contributed by atoms with Crippen molar-refractivity contribution in [3.63, 3.8) is 0 Å². The predicted octanol–water partition coefficient (Wildman–Crippen LogP) is 2.85. The van der Waals surface area contributed by atoms with Crippen molar-refractivity contribution in [2.45, 2.75) is 26.0 Å². The second-order valence-electron chi connectivity index (χ2n) is 4.95. The molecule has 0 amide bonds. The Balaban J connectivity index is 2.13. The number of hydrogen-bond donors (Lipinski definition) is 1. The number of aromatic nitrogens is 4. The number of aliphatic hydroxyl groups is 1. The van der Waals surface area contributed by atoms with Crippen LogP contribution in [0, 0.1) is 0 Å². The second kappa shape index (κ2) is 4.92. The molecule has 3 aromatic heterocycles. The first-order valence-corrected chi connectivity index (χ1v) is 6.80. The maximum Gasteiger partial charge on any atom is 0.126 e. The van der Waals surface area contributed by atoms with Crippen LogP contribution in [0.4, 0.5) is 0 Å². The van der Waals surface area contributed by atoms with Crippen molar-refractivity contribution in [3.05, 3.63) is 53.1 Å². The smallest absolute Gasteiger partial charge is 0.126 e. The van der Waals surface area contributed by atoms with Crippen LogP contribution in [0.1, 0.15) is 37.3 Å². The second-order valence-corrected chi connectivity index (χ2v) is 5.36. The number of fused-ring (bicyclic) bond motifs is 1. The Hall–Kier alpha value is -1.85. The molecule has 0 aliphatic rings. The fraction of sp³-hybridized carbons (Fsp3) is 0.286. The van der Waals surface area contributed by atoms with Crippen molar-refractivity contribution in [1.82, 2.24) is 19.4 Å². The van der Waals surface area contributed by atoms with Gasteiger partial charge < -0.3 is 5.11 Å². The lowest BCUT2D eigenvalue weighted by molar-refractivity contribution is 0.206. The Morgan fingerprint density at radius 1 is 1.20 bits per heavy atom. The molecule has 3 rings (SSSR count). The summed E-state index contributed by atoms with van der Waals surface area (Å²) in [6.45, 7) is 3.99. The first-order chi connectivity index (χ1) is 9.59. The molecule has 104 valence electrons. The van der Waals surface area contributed by atoms with Crippen molar-refractivity contribution in [3.8, 4) is 0 Å². The van der Waals surface area contributed by atoms with Crippen molar-refractivity contribution < 1.29 is 5.11 Å². The number of pyridine rings is 1. The van der Waals surface area contributed by atoms with Crippen LogP contribution in [0.5, 0.6) is 0 Å². The van der Waals surface area contributed by atoms with Crippen molar-refractivity contribution >= 4 is 17.1 Å². The zero-order valence-electron chi connectivity index (χ0n) is 11.2. The van der Waals surface area contributed by atoms with Gasteiger partial charge in [0.15, 0.2) is 0 Å². The molecule has 0 bridgehead atoms. The fourth-order valence-corrected chi connectivity index (χ4v) is 2.56. The molecule has 1 unspecified atom stereocenters. The molecule has 1 N–H and O–H groups in total. The van der Waals surface area contributed by atoms with Gasteiger partial charge in [-0.2, -0.15) is 10.2 Å². The molecule has 3 heterocycles. The number of aliphatic hydroxyl groups excluding tert-OH is 1. The summed E-state index contributed by atoms with van der Waals surface area (Å²) in [4.78, 5) is 0. The largest absolute Gasteiger partial charge is 0.382 e. The quantitative estimate of drug-likeness (QED) is 0.807. The third-order valence-electron chi connectivity index (χ3n) is 3.29. The molecule has 0 aliphatic carbocycles. The lowest BCUT2D eigenvalue weighted by Gasteiger charge is -2.16. The van der Waals surface area contributed by atoms with E-state index in [4.69, 9.17) is 11.6 Å². The van der Waals surface area contributed by atoms with Gasteiger partial charge >= 0.3 is 0 Å². The molecule has 1 atom stereocenters. The SMILES string of the molecule is CC(C)n1ncc(Cl)c1C(O)c1cnn2ccccc12. The summed E-state index contributed by atoms with van der Waals surface area (Å²) in [5.41, 5.74) is 2.17. The standard InChI is InChI=1S/C14H15ClN4O/c1-9(2)19-13(11(15)8-17-19)14(20)10-7-16-18-6-4-3-5-12(10)18/h3-9,14,20H,1-2H3. The normalized spacial score (nSPS) is 13.2. The van der Waals surface area contributed by atoms with Crippen molar-refractivity contribution in [2.75, 3.05) is 0 Å². The van der Waals surface area contributed by atoms with Crippen LogP contribution in [0.15, 0.2) is 36.8 Å². The Morgan fingerprint density at radius 3 is 2.75 bits per heavy atom. The highest BCUT2D eigenvalue weighted by Gasteiger charge is 2.23. The maximum atomic E-state index is 10.7. The summed E-state index contributed by atoms with van der Waals surface area (Å²) in [6.07, 6.45) is 4.21. The minimum Gasteiger partial charge on any atom is -0.382 e. The van der Waals surface area contributed by atoms with Crippen LogP contribution in [-0.2, 0) is 0 Å². The molecule has 0 aliphatic heterocycles. The Bertz CT molecular complexity index is 747. The zero-order chi connectivity index (χ0) is 14.3. The molecule has 0 spiro atoms. The molecule has 6 heteroatoms. The lowest BCUT2D eigenvalue weighted by Crippen LogP contribution is -2.12. The topological polar surface area (TPSA) is 55.3 Å². The highest BCUT2D eigenvalue weighted by Crippen LogP contribution is 2.31. The third kappa shape index (κ3) is 1.99. The lowest BCUT2D eigenvalue weighted by atomic mass is 10.1. The number of halogens is 1. The van der Waals surface area contributed by atoms with Gasteiger partial charge in [0.25, 0.3) is 0 Å². The first kappa shape index (κ1) is 13.1. The Labute approximate surface area is 121 Å². The van der Waals surface area contributed by atoms with Crippen molar-refractivity contribution in [1.29, 1.82) is 0 Å². The van der Waals surface area contributed by atoms with Gasteiger partial charge in [-0.15, -0.1) is 0 Å². The summed E-state index contributed by atoms with van der Waals surface area (Å²) >= 11 is 6.18. The van der Waals surface area contributed by atoms with Crippen LogP contribution in [0.25, 0.3) is 5.52 Å². The highest BCUT2D eigenvalue weighted by atomic mass is 35.5. The minimum atomic E-state index is -0.854. The molecular weight excluding hydrogens is 276 g/mol. The maximum absolute atomic E-state index is 10.7. The number of rotatable bonds is 3. The van der Waals surface area contributed by atoms with Gasteiger partial charge in [0.05, 0.1) is 28.6 Å². The Morgan fingerprint density at radius 2 is 2.00 bits per heavy atom. The van der Waals surface area contributed by atoms with Crippen LogP contribution in [0.2, 0.25) is 5.02 Å². The van der Waals surface area contributed by atoms with E-state index in [1.807, 2.05) is 38.2 Å². The summed E-state index contributed by atoms with van der Waals surface area (Å²) < 4.78 is 3.46. The number of hydrogen-bond acceptors (Lipinski definition) is 3. The van der Waals surface area contributed by atoms with E-state index >= 15 is 0 Å². The molecule has 0 saturated carbocycles. The van der Waals surface area contributed by atoms with Crippen LogP contribution in [-0.4, -0.2) is 24.5 Å². The molecular formula is C14H15ClN4O. The molecule has 0 saturated heterocycles. The van der Waals surface area contributed by atoms with Gasteiger partial charge in [0, 0.05) is 17.8 Å². The average molecular weight is 291 g/mol. The third-order valence-corrected chi connectivity index (χ3v) is 3.58. The van der Waals surface area contributed by atoms with E-state index in [2.05, 4.69) is 10.2 Å². The summed E-state index contributed by atoms with van der Waals surface area (Å²) in [7, 11) is 0. The molecule has 5 nitrogen and oxygen atoms in total. The minimum absolute atomic E-state index is 0.119. The van der Waals surface area contributed by atoms with E-state index in [9.17, 15) is 5.11 Å².